The molecule has 1 atom stereocenters. The van der Waals surface area contributed by atoms with E-state index in [1.54, 1.807) is 0 Å². The molecule has 0 aromatic heterocycles. The topological polar surface area (TPSA) is 52.6 Å². The van der Waals surface area contributed by atoms with Gasteiger partial charge in [0.1, 0.15) is 6.61 Å². The van der Waals surface area contributed by atoms with Crippen LogP contribution in [-0.2, 0) is 19.1 Å². The van der Waals surface area contributed by atoms with Gasteiger partial charge in [-0.3, -0.25) is 0 Å². The molecule has 0 heterocycles. The number of rotatable bonds is 7. The predicted octanol–water partition coefficient (Wildman–Crippen LogP) is 4.19. The van der Waals surface area contributed by atoms with Crippen molar-refractivity contribution < 1.29 is 54.2 Å². The van der Waals surface area contributed by atoms with Crippen LogP contribution in [0.3, 0.4) is 0 Å². The molecular formula is C14H16F8O4. The first-order valence-electron chi connectivity index (χ1n) is 6.96. The summed E-state index contributed by atoms with van der Waals surface area (Å²) < 4.78 is 112. The number of halogens is 8. The molecule has 0 aliphatic carbocycles. The third-order valence-corrected chi connectivity index (χ3v) is 3.39. The lowest BCUT2D eigenvalue weighted by Crippen LogP contribution is -2.53. The average Bonchev–Trinajstić information content (AvgIpc) is 2.46. The van der Waals surface area contributed by atoms with E-state index in [1.807, 2.05) is 0 Å². The fraction of sp³-hybridized carbons (Fsp3) is 0.714. The minimum Gasteiger partial charge on any atom is -0.460 e. The largest absolute Gasteiger partial charge is 0.460 e. The van der Waals surface area contributed by atoms with Gasteiger partial charge in [-0.25, -0.2) is 9.59 Å². The van der Waals surface area contributed by atoms with Crippen molar-refractivity contribution >= 4 is 11.9 Å². The molecule has 0 saturated carbocycles. The smallest absolute Gasteiger partial charge is 0.406 e. The maximum Gasteiger partial charge on any atom is 0.406 e. The van der Waals surface area contributed by atoms with Crippen LogP contribution >= 0.6 is 0 Å². The Hall–Kier alpha value is -1.88. The molecule has 4 nitrogen and oxygen atoms in total. The molecule has 26 heavy (non-hydrogen) atoms. The highest BCUT2D eigenvalue weighted by Gasteiger charge is 2.68. The van der Waals surface area contributed by atoms with Crippen molar-refractivity contribution in [3.63, 3.8) is 0 Å². The molecule has 0 N–H and O–H groups in total. The van der Waals surface area contributed by atoms with Crippen molar-refractivity contribution in [2.45, 2.75) is 51.6 Å². The van der Waals surface area contributed by atoms with Crippen LogP contribution in [0.2, 0.25) is 0 Å². The normalized spacial score (nSPS) is 14.6. The second-order valence-electron chi connectivity index (χ2n) is 5.61. The minimum atomic E-state index is -5.92. The van der Waals surface area contributed by atoms with Crippen LogP contribution in [0.5, 0.6) is 0 Å². The number of esters is 2. The molecule has 0 aromatic carbocycles. The van der Waals surface area contributed by atoms with Gasteiger partial charge >= 0.3 is 30.2 Å². The van der Waals surface area contributed by atoms with E-state index >= 15 is 0 Å². The van der Waals surface area contributed by atoms with Crippen molar-refractivity contribution in [1.82, 2.24) is 0 Å². The zero-order valence-corrected chi connectivity index (χ0v) is 13.9. The van der Waals surface area contributed by atoms with Crippen molar-refractivity contribution in [3.8, 4) is 0 Å². The van der Waals surface area contributed by atoms with Crippen molar-refractivity contribution in [1.29, 1.82) is 0 Å². The zero-order valence-electron chi connectivity index (χ0n) is 13.9. The SMILES string of the molecule is C=C(C)C(=O)OC(CC)C(F)(F)C(=O)OCC(C)(C(F)(F)F)C(F)(F)F. The summed E-state index contributed by atoms with van der Waals surface area (Å²) in [6.45, 7) is 2.50. The standard InChI is InChI=1S/C14H16F8O4/c1-5-8(26-9(23)7(2)3)12(15,16)10(24)25-6-11(4,13(17,18)19)14(20,21)22/h8H,2,5-6H2,1,3-4H3. The fourth-order valence-corrected chi connectivity index (χ4v) is 1.41. The quantitative estimate of drug-likeness (QED) is 0.365. The van der Waals surface area contributed by atoms with Gasteiger partial charge in [0.05, 0.1) is 0 Å². The van der Waals surface area contributed by atoms with E-state index in [-0.39, 0.29) is 12.5 Å². The molecule has 0 spiro atoms. The second-order valence-corrected chi connectivity index (χ2v) is 5.61. The van der Waals surface area contributed by atoms with Crippen LogP contribution < -0.4 is 0 Å². The number of carbonyl (C=O) groups is 2. The van der Waals surface area contributed by atoms with Crippen LogP contribution in [0, 0.1) is 5.41 Å². The third-order valence-electron chi connectivity index (χ3n) is 3.39. The molecule has 0 aromatic rings. The summed E-state index contributed by atoms with van der Waals surface area (Å²) in [6, 6.07) is 0. The van der Waals surface area contributed by atoms with E-state index in [2.05, 4.69) is 16.1 Å². The first kappa shape index (κ1) is 24.1. The predicted molar refractivity (Wildman–Crippen MR) is 71.1 cm³/mol. The van der Waals surface area contributed by atoms with Crippen molar-refractivity contribution in [2.24, 2.45) is 5.41 Å². The van der Waals surface area contributed by atoms with Gasteiger partial charge in [0.2, 0.25) is 0 Å². The van der Waals surface area contributed by atoms with Gasteiger partial charge in [0.15, 0.2) is 11.5 Å². The molecule has 0 aliphatic heterocycles. The summed E-state index contributed by atoms with van der Waals surface area (Å²) in [6.07, 6.45) is -15.0. The first-order chi connectivity index (χ1) is 11.4. The zero-order chi connectivity index (χ0) is 21.1. The van der Waals surface area contributed by atoms with E-state index in [4.69, 9.17) is 0 Å². The summed E-state index contributed by atoms with van der Waals surface area (Å²) in [4.78, 5) is 22.7. The minimum absolute atomic E-state index is 0.311. The molecule has 152 valence electrons. The summed E-state index contributed by atoms with van der Waals surface area (Å²) in [5.41, 5.74) is -4.86. The van der Waals surface area contributed by atoms with Gasteiger partial charge in [-0.2, -0.15) is 35.1 Å². The Morgan fingerprint density at radius 2 is 1.42 bits per heavy atom. The molecule has 0 bridgehead atoms. The highest BCUT2D eigenvalue weighted by Crippen LogP contribution is 2.50. The van der Waals surface area contributed by atoms with E-state index < -0.39 is 54.8 Å². The van der Waals surface area contributed by atoms with Crippen LogP contribution in [0.4, 0.5) is 35.1 Å². The molecule has 0 radical (unpaired) electrons. The van der Waals surface area contributed by atoms with Crippen LogP contribution in [-0.4, -0.2) is 42.9 Å². The van der Waals surface area contributed by atoms with Crippen LogP contribution in [0.1, 0.15) is 27.2 Å². The van der Waals surface area contributed by atoms with Crippen LogP contribution in [0.25, 0.3) is 0 Å². The van der Waals surface area contributed by atoms with Gasteiger partial charge in [-0.15, -0.1) is 0 Å². The van der Waals surface area contributed by atoms with Crippen molar-refractivity contribution in [2.75, 3.05) is 6.61 Å². The lowest BCUT2D eigenvalue weighted by atomic mass is 9.90. The van der Waals surface area contributed by atoms with Gasteiger partial charge in [-0.1, -0.05) is 13.5 Å². The van der Waals surface area contributed by atoms with E-state index in [0.29, 0.717) is 0 Å². The third kappa shape index (κ3) is 5.07. The van der Waals surface area contributed by atoms with E-state index in [0.717, 1.165) is 13.8 Å². The van der Waals surface area contributed by atoms with E-state index in [9.17, 15) is 44.7 Å². The Morgan fingerprint density at radius 3 is 1.73 bits per heavy atom. The van der Waals surface area contributed by atoms with Crippen molar-refractivity contribution in [3.05, 3.63) is 12.2 Å². The van der Waals surface area contributed by atoms with Gasteiger partial charge in [0.25, 0.3) is 0 Å². The molecule has 0 aliphatic rings. The molecule has 0 rings (SSSR count). The maximum atomic E-state index is 13.9. The van der Waals surface area contributed by atoms with E-state index in [1.165, 1.54) is 0 Å². The summed E-state index contributed by atoms with van der Waals surface area (Å²) in [5, 5.41) is 0. The molecule has 0 fully saturated rings. The average molecular weight is 400 g/mol. The lowest BCUT2D eigenvalue weighted by Gasteiger charge is -2.34. The summed E-state index contributed by atoms with van der Waals surface area (Å²) >= 11 is 0. The molecule has 12 heteroatoms. The Balaban J connectivity index is 5.39. The number of alkyl halides is 8. The lowest BCUT2D eigenvalue weighted by molar-refractivity contribution is -0.344. The Labute approximate surface area is 143 Å². The first-order valence-corrected chi connectivity index (χ1v) is 6.96. The summed E-state index contributed by atoms with van der Waals surface area (Å²) in [5.74, 6) is -8.67. The van der Waals surface area contributed by atoms with Gasteiger partial charge < -0.3 is 9.47 Å². The molecule has 0 amide bonds. The van der Waals surface area contributed by atoms with Crippen LogP contribution in [0.15, 0.2) is 12.2 Å². The Kier molecular flexibility index (Phi) is 7.22. The number of hydrogen-bond donors (Lipinski definition) is 0. The highest BCUT2D eigenvalue weighted by molar-refractivity contribution is 5.87. The number of ether oxygens (including phenoxy) is 2. The molecule has 1 unspecified atom stereocenters. The van der Waals surface area contributed by atoms with Gasteiger partial charge in [0, 0.05) is 5.57 Å². The fourth-order valence-electron chi connectivity index (χ4n) is 1.41. The number of carbonyl (C=O) groups excluding carboxylic acids is 2. The summed E-state index contributed by atoms with van der Waals surface area (Å²) in [7, 11) is 0. The Bertz CT molecular complexity index is 536. The monoisotopic (exact) mass is 400 g/mol. The molecular weight excluding hydrogens is 384 g/mol. The van der Waals surface area contributed by atoms with Gasteiger partial charge in [-0.05, 0) is 20.3 Å². The highest BCUT2D eigenvalue weighted by atomic mass is 19.4. The second kappa shape index (κ2) is 7.78. The Morgan fingerprint density at radius 1 is 1.00 bits per heavy atom. The maximum absolute atomic E-state index is 13.9. The molecule has 0 saturated heterocycles. The number of hydrogen-bond acceptors (Lipinski definition) is 4.